The number of hydrogen-bond acceptors (Lipinski definition) is 1. The number of halogens is 1. The molecule has 132 valence electrons. The second kappa shape index (κ2) is 25.7. The van der Waals surface area contributed by atoms with E-state index in [1.165, 1.54) is 95.4 Å². The van der Waals surface area contributed by atoms with Gasteiger partial charge in [-0.15, -0.1) is 0 Å². The smallest absolute Gasteiger partial charge is 0.00296 e. The van der Waals surface area contributed by atoms with Gasteiger partial charge in [0.2, 0.25) is 0 Å². The van der Waals surface area contributed by atoms with Crippen molar-refractivity contribution in [3.63, 3.8) is 0 Å². The largest absolute Gasteiger partial charge is 0.330 e. The Morgan fingerprint density at radius 2 is 1.09 bits per heavy atom. The number of rotatable bonds is 15. The minimum Gasteiger partial charge on any atom is -0.330 e. The van der Waals surface area contributed by atoms with Gasteiger partial charge in [0, 0.05) is 0 Å². The standard InChI is InChI=1S/C18H37N.C2H3Cl/c1-2-3-4-5-6-7-8-9-10-11-12-13-14-15-16-17-18-19;1-2-3/h9-10H,2-8,11-19H2,1H3;2H,1H2/b10-9-;. The van der Waals surface area contributed by atoms with Crippen LogP contribution in [0.3, 0.4) is 0 Å². The summed E-state index contributed by atoms with van der Waals surface area (Å²) in [5.41, 5.74) is 6.70. The molecular weight excluding hydrogens is 290 g/mol. The topological polar surface area (TPSA) is 26.0 Å². The zero-order valence-corrected chi connectivity index (χ0v) is 15.8. The summed E-state index contributed by atoms with van der Waals surface area (Å²) in [5, 5.41) is 0. The first-order valence-electron chi connectivity index (χ1n) is 9.39. The van der Waals surface area contributed by atoms with Crippen molar-refractivity contribution in [3.05, 3.63) is 24.3 Å². The third-order valence-corrected chi connectivity index (χ3v) is 3.72. The van der Waals surface area contributed by atoms with E-state index in [2.05, 4.69) is 25.7 Å². The van der Waals surface area contributed by atoms with Crippen molar-refractivity contribution in [3.8, 4) is 0 Å². The quantitative estimate of drug-likeness (QED) is 0.246. The zero-order chi connectivity index (χ0) is 16.7. The van der Waals surface area contributed by atoms with Crippen molar-refractivity contribution < 1.29 is 0 Å². The number of allylic oxidation sites excluding steroid dienone is 2. The minimum absolute atomic E-state index is 0.862. The first kappa shape index (κ1) is 24.0. The molecule has 0 amide bonds. The Morgan fingerprint density at radius 1 is 0.727 bits per heavy atom. The van der Waals surface area contributed by atoms with Crippen LogP contribution in [0.25, 0.3) is 0 Å². The van der Waals surface area contributed by atoms with Gasteiger partial charge in [0.1, 0.15) is 0 Å². The fourth-order valence-electron chi connectivity index (χ4n) is 2.39. The molecular formula is C20H40ClN. The molecule has 0 aliphatic rings. The molecule has 0 spiro atoms. The van der Waals surface area contributed by atoms with Crippen molar-refractivity contribution in [2.45, 2.75) is 96.8 Å². The van der Waals surface area contributed by atoms with Crippen molar-refractivity contribution in [1.29, 1.82) is 0 Å². The van der Waals surface area contributed by atoms with Crippen LogP contribution < -0.4 is 5.73 Å². The van der Waals surface area contributed by atoms with Gasteiger partial charge >= 0.3 is 0 Å². The van der Waals surface area contributed by atoms with Gasteiger partial charge in [0.25, 0.3) is 0 Å². The molecule has 2 N–H and O–H groups in total. The van der Waals surface area contributed by atoms with Gasteiger partial charge in [0.05, 0.1) is 0 Å². The van der Waals surface area contributed by atoms with Crippen LogP contribution in [0.2, 0.25) is 0 Å². The van der Waals surface area contributed by atoms with Crippen molar-refractivity contribution >= 4 is 11.6 Å². The lowest BCUT2D eigenvalue weighted by atomic mass is 10.1. The number of nitrogens with two attached hydrogens (primary N) is 1. The Kier molecular flexibility index (Phi) is 28.0. The van der Waals surface area contributed by atoms with E-state index in [4.69, 9.17) is 17.3 Å². The Bertz CT molecular complexity index is 214. The van der Waals surface area contributed by atoms with E-state index in [9.17, 15) is 0 Å². The summed E-state index contributed by atoms with van der Waals surface area (Å²) in [7, 11) is 0. The van der Waals surface area contributed by atoms with E-state index in [0.717, 1.165) is 6.54 Å². The van der Waals surface area contributed by atoms with Crippen molar-refractivity contribution in [1.82, 2.24) is 0 Å². The van der Waals surface area contributed by atoms with E-state index < -0.39 is 0 Å². The lowest BCUT2D eigenvalue weighted by Gasteiger charge is -1.99. The summed E-state index contributed by atoms with van der Waals surface area (Å²) < 4.78 is 0. The summed E-state index contributed by atoms with van der Waals surface area (Å²) in [6.07, 6.45) is 23.9. The fourth-order valence-corrected chi connectivity index (χ4v) is 2.39. The molecule has 0 atom stereocenters. The molecule has 22 heavy (non-hydrogen) atoms. The second-order valence-electron chi connectivity index (χ2n) is 5.88. The lowest BCUT2D eigenvalue weighted by molar-refractivity contribution is 0.599. The summed E-state index contributed by atoms with van der Waals surface area (Å²) >= 11 is 4.76. The highest BCUT2D eigenvalue weighted by Crippen LogP contribution is 2.09. The molecule has 0 heterocycles. The number of unbranched alkanes of at least 4 members (excludes halogenated alkanes) is 12. The highest BCUT2D eigenvalue weighted by atomic mass is 35.5. The third kappa shape index (κ3) is 28.0. The molecule has 0 bridgehead atoms. The normalized spacial score (nSPS) is 10.5. The molecule has 1 nitrogen and oxygen atoms in total. The first-order chi connectivity index (χ1) is 10.8. The minimum atomic E-state index is 0.862. The molecule has 0 aliphatic carbocycles. The van der Waals surface area contributed by atoms with Crippen LogP contribution in [-0.2, 0) is 0 Å². The van der Waals surface area contributed by atoms with Gasteiger partial charge in [-0.25, -0.2) is 0 Å². The predicted octanol–water partition coefficient (Wildman–Crippen LogP) is 7.35. The molecule has 0 rings (SSSR count). The molecule has 0 unspecified atom stereocenters. The van der Waals surface area contributed by atoms with Gasteiger partial charge in [-0.1, -0.05) is 95.0 Å². The van der Waals surface area contributed by atoms with Crippen LogP contribution in [0.15, 0.2) is 24.3 Å². The van der Waals surface area contributed by atoms with Crippen LogP contribution in [0.4, 0.5) is 0 Å². The zero-order valence-electron chi connectivity index (χ0n) is 15.0. The van der Waals surface area contributed by atoms with Crippen LogP contribution in [-0.4, -0.2) is 6.54 Å². The van der Waals surface area contributed by atoms with Gasteiger partial charge < -0.3 is 5.73 Å². The van der Waals surface area contributed by atoms with Gasteiger partial charge in [-0.3, -0.25) is 0 Å². The van der Waals surface area contributed by atoms with Crippen molar-refractivity contribution in [2.75, 3.05) is 6.54 Å². The van der Waals surface area contributed by atoms with Crippen LogP contribution >= 0.6 is 11.6 Å². The van der Waals surface area contributed by atoms with E-state index in [1.54, 1.807) is 0 Å². The van der Waals surface area contributed by atoms with Crippen LogP contribution in [0.1, 0.15) is 96.8 Å². The number of hydrogen-bond donors (Lipinski definition) is 1. The van der Waals surface area contributed by atoms with Crippen LogP contribution in [0.5, 0.6) is 0 Å². The van der Waals surface area contributed by atoms with Gasteiger partial charge in [0.15, 0.2) is 0 Å². The Labute approximate surface area is 145 Å². The van der Waals surface area contributed by atoms with E-state index in [0.29, 0.717) is 0 Å². The molecule has 0 radical (unpaired) electrons. The molecule has 0 saturated carbocycles. The molecule has 0 aromatic rings. The molecule has 0 saturated heterocycles. The molecule has 2 heteroatoms. The van der Waals surface area contributed by atoms with E-state index in [-0.39, 0.29) is 0 Å². The van der Waals surface area contributed by atoms with E-state index >= 15 is 0 Å². The lowest BCUT2D eigenvalue weighted by Crippen LogP contribution is -1.97. The summed E-state index contributed by atoms with van der Waals surface area (Å²) in [6.45, 7) is 6.27. The van der Waals surface area contributed by atoms with Crippen molar-refractivity contribution in [2.24, 2.45) is 5.73 Å². The Morgan fingerprint density at radius 3 is 1.50 bits per heavy atom. The Hall–Kier alpha value is -0.270. The molecule has 0 fully saturated rings. The van der Waals surface area contributed by atoms with Gasteiger partial charge in [-0.05, 0) is 44.2 Å². The SMILES string of the molecule is C=CCl.CCCCCCCC/C=C\CCCCCCCCN. The average molecular weight is 330 g/mol. The second-order valence-corrected chi connectivity index (χ2v) is 6.19. The monoisotopic (exact) mass is 329 g/mol. The Balaban J connectivity index is 0. The molecule has 0 aromatic heterocycles. The maximum Gasteiger partial charge on any atom is -0.00296 e. The summed E-state index contributed by atoms with van der Waals surface area (Å²) in [4.78, 5) is 0. The highest BCUT2D eigenvalue weighted by molar-refractivity contribution is 6.25. The predicted molar refractivity (Wildman–Crippen MR) is 105 cm³/mol. The van der Waals surface area contributed by atoms with E-state index in [1.807, 2.05) is 0 Å². The maximum atomic E-state index is 5.47. The third-order valence-electron chi connectivity index (χ3n) is 3.72. The van der Waals surface area contributed by atoms with Gasteiger partial charge in [-0.2, -0.15) is 0 Å². The van der Waals surface area contributed by atoms with Crippen LogP contribution in [0, 0.1) is 0 Å². The maximum absolute atomic E-state index is 5.47. The first-order valence-corrected chi connectivity index (χ1v) is 9.83. The highest BCUT2D eigenvalue weighted by Gasteiger charge is 1.90. The molecule has 0 aliphatic heterocycles. The summed E-state index contributed by atoms with van der Waals surface area (Å²) in [5.74, 6) is 0. The fraction of sp³-hybridized carbons (Fsp3) is 0.800. The molecule has 0 aromatic carbocycles. The average Bonchev–Trinajstić information content (AvgIpc) is 2.52. The summed E-state index contributed by atoms with van der Waals surface area (Å²) in [6, 6.07) is 0.